The van der Waals surface area contributed by atoms with Gasteiger partial charge in [-0.2, -0.15) is 0 Å². The number of amides is 2. The van der Waals surface area contributed by atoms with Crippen LogP contribution in [0.2, 0.25) is 0 Å². The van der Waals surface area contributed by atoms with E-state index in [4.69, 9.17) is 0 Å². The zero-order valence-electron chi connectivity index (χ0n) is 9.23. The summed E-state index contributed by atoms with van der Waals surface area (Å²) in [6, 6.07) is 3.73. The number of rotatable bonds is 2. The standard InChI is InChI=1S/C12H12N2O2/c1-8-5-11(15)14(12(8)16)7-10-4-3-9(2)13-6-10/h3-6H,7H2,1-2H3. The summed E-state index contributed by atoms with van der Waals surface area (Å²) < 4.78 is 0. The van der Waals surface area contributed by atoms with Crippen molar-refractivity contribution in [2.75, 3.05) is 0 Å². The monoisotopic (exact) mass is 216 g/mol. The summed E-state index contributed by atoms with van der Waals surface area (Å²) in [6.45, 7) is 3.83. The molecule has 0 radical (unpaired) electrons. The molecule has 2 heterocycles. The molecule has 82 valence electrons. The van der Waals surface area contributed by atoms with Gasteiger partial charge in [0.2, 0.25) is 0 Å². The molecule has 0 saturated heterocycles. The fourth-order valence-corrected chi connectivity index (χ4v) is 1.56. The lowest BCUT2D eigenvalue weighted by molar-refractivity contribution is -0.137. The van der Waals surface area contributed by atoms with Gasteiger partial charge in [-0.25, -0.2) is 0 Å². The Balaban J connectivity index is 2.15. The number of carbonyl (C=O) groups is 2. The van der Waals surface area contributed by atoms with Crippen LogP contribution in [0.25, 0.3) is 0 Å². The summed E-state index contributed by atoms with van der Waals surface area (Å²) in [6.07, 6.45) is 3.05. The smallest absolute Gasteiger partial charge is 0.256 e. The molecular weight excluding hydrogens is 204 g/mol. The van der Waals surface area contributed by atoms with E-state index in [-0.39, 0.29) is 11.8 Å². The van der Waals surface area contributed by atoms with Crippen LogP contribution in [0.4, 0.5) is 0 Å². The second-order valence-corrected chi connectivity index (χ2v) is 3.86. The maximum Gasteiger partial charge on any atom is 0.256 e. The second-order valence-electron chi connectivity index (χ2n) is 3.86. The first kappa shape index (κ1) is 10.5. The summed E-state index contributed by atoms with van der Waals surface area (Å²) in [4.78, 5) is 28.4. The largest absolute Gasteiger partial charge is 0.271 e. The highest BCUT2D eigenvalue weighted by Crippen LogP contribution is 2.15. The number of hydrogen-bond acceptors (Lipinski definition) is 3. The Bertz CT molecular complexity index is 474. The average molecular weight is 216 g/mol. The van der Waals surface area contributed by atoms with Crippen LogP contribution >= 0.6 is 0 Å². The van der Waals surface area contributed by atoms with Gasteiger partial charge in [-0.1, -0.05) is 6.07 Å². The first-order valence-electron chi connectivity index (χ1n) is 5.03. The van der Waals surface area contributed by atoms with Crippen molar-refractivity contribution in [2.24, 2.45) is 0 Å². The quantitative estimate of drug-likeness (QED) is 0.698. The summed E-state index contributed by atoms with van der Waals surface area (Å²) in [5.41, 5.74) is 2.26. The number of imide groups is 1. The maximum atomic E-state index is 11.6. The van der Waals surface area contributed by atoms with E-state index in [9.17, 15) is 9.59 Å². The molecule has 1 aromatic heterocycles. The van der Waals surface area contributed by atoms with Gasteiger partial charge in [-0.15, -0.1) is 0 Å². The van der Waals surface area contributed by atoms with Crippen molar-refractivity contribution in [1.29, 1.82) is 0 Å². The van der Waals surface area contributed by atoms with Crippen LogP contribution in [0.1, 0.15) is 18.2 Å². The number of aryl methyl sites for hydroxylation is 1. The van der Waals surface area contributed by atoms with Gasteiger partial charge in [0.15, 0.2) is 0 Å². The topological polar surface area (TPSA) is 50.3 Å². The minimum atomic E-state index is -0.247. The van der Waals surface area contributed by atoms with E-state index in [1.165, 1.54) is 11.0 Å². The van der Waals surface area contributed by atoms with E-state index in [1.54, 1.807) is 13.1 Å². The van der Waals surface area contributed by atoms with Gasteiger partial charge in [0.25, 0.3) is 11.8 Å². The van der Waals surface area contributed by atoms with Gasteiger partial charge in [0.05, 0.1) is 6.54 Å². The van der Waals surface area contributed by atoms with Gasteiger partial charge >= 0.3 is 0 Å². The summed E-state index contributed by atoms with van der Waals surface area (Å²) in [5.74, 6) is -0.464. The lowest BCUT2D eigenvalue weighted by atomic mass is 10.2. The normalized spacial score (nSPS) is 15.6. The third-order valence-corrected chi connectivity index (χ3v) is 2.50. The Hall–Kier alpha value is -1.97. The number of carbonyl (C=O) groups excluding carboxylic acids is 2. The fourth-order valence-electron chi connectivity index (χ4n) is 1.56. The van der Waals surface area contributed by atoms with Gasteiger partial charge in [0.1, 0.15) is 0 Å². The number of hydrogen-bond donors (Lipinski definition) is 0. The molecule has 0 atom stereocenters. The van der Waals surface area contributed by atoms with Crippen LogP contribution < -0.4 is 0 Å². The zero-order chi connectivity index (χ0) is 11.7. The van der Waals surface area contributed by atoms with Crippen molar-refractivity contribution >= 4 is 11.8 Å². The molecule has 0 aromatic carbocycles. The molecular formula is C12H12N2O2. The Labute approximate surface area is 93.6 Å². The fraction of sp³-hybridized carbons (Fsp3) is 0.250. The zero-order valence-corrected chi connectivity index (χ0v) is 9.23. The predicted molar refractivity (Wildman–Crippen MR) is 58.3 cm³/mol. The Morgan fingerprint density at radius 3 is 2.50 bits per heavy atom. The molecule has 1 aliphatic heterocycles. The molecule has 0 unspecified atom stereocenters. The third-order valence-electron chi connectivity index (χ3n) is 2.50. The Morgan fingerprint density at radius 1 is 1.25 bits per heavy atom. The van der Waals surface area contributed by atoms with E-state index in [0.717, 1.165) is 11.3 Å². The van der Waals surface area contributed by atoms with Gasteiger partial charge in [-0.05, 0) is 25.5 Å². The summed E-state index contributed by atoms with van der Waals surface area (Å²) >= 11 is 0. The molecule has 2 amide bonds. The molecule has 0 fully saturated rings. The highest BCUT2D eigenvalue weighted by Gasteiger charge is 2.28. The van der Waals surface area contributed by atoms with E-state index in [0.29, 0.717) is 12.1 Å². The molecule has 2 rings (SSSR count). The molecule has 16 heavy (non-hydrogen) atoms. The average Bonchev–Trinajstić information content (AvgIpc) is 2.48. The first-order valence-corrected chi connectivity index (χ1v) is 5.03. The van der Waals surface area contributed by atoms with Crippen molar-refractivity contribution in [3.8, 4) is 0 Å². The molecule has 0 N–H and O–H groups in total. The van der Waals surface area contributed by atoms with Crippen LogP contribution in [0.3, 0.4) is 0 Å². The summed E-state index contributed by atoms with van der Waals surface area (Å²) in [5, 5.41) is 0. The second kappa shape index (κ2) is 3.89. The van der Waals surface area contributed by atoms with Crippen molar-refractivity contribution < 1.29 is 9.59 Å². The van der Waals surface area contributed by atoms with E-state index < -0.39 is 0 Å². The number of aromatic nitrogens is 1. The minimum absolute atomic E-state index is 0.217. The van der Waals surface area contributed by atoms with Gasteiger partial charge in [-0.3, -0.25) is 19.5 Å². The van der Waals surface area contributed by atoms with Crippen molar-refractivity contribution in [1.82, 2.24) is 9.88 Å². The van der Waals surface area contributed by atoms with Crippen LogP contribution in [-0.4, -0.2) is 21.7 Å². The predicted octanol–water partition coefficient (Wildman–Crippen LogP) is 1.21. The number of pyridine rings is 1. The van der Waals surface area contributed by atoms with E-state index >= 15 is 0 Å². The summed E-state index contributed by atoms with van der Waals surface area (Å²) in [7, 11) is 0. The minimum Gasteiger partial charge on any atom is -0.271 e. The highest BCUT2D eigenvalue weighted by molar-refractivity contribution is 6.15. The van der Waals surface area contributed by atoms with E-state index in [1.807, 2.05) is 19.1 Å². The molecule has 1 aromatic rings. The molecule has 4 nitrogen and oxygen atoms in total. The van der Waals surface area contributed by atoms with Gasteiger partial charge < -0.3 is 0 Å². The number of nitrogens with zero attached hydrogens (tertiary/aromatic N) is 2. The molecule has 0 aliphatic carbocycles. The van der Waals surface area contributed by atoms with Crippen LogP contribution in [0.15, 0.2) is 30.0 Å². The molecule has 0 spiro atoms. The maximum absolute atomic E-state index is 11.6. The van der Waals surface area contributed by atoms with Crippen LogP contribution in [0, 0.1) is 6.92 Å². The van der Waals surface area contributed by atoms with Crippen molar-refractivity contribution in [3.05, 3.63) is 41.2 Å². The Kier molecular flexibility index (Phi) is 2.56. The lowest BCUT2D eigenvalue weighted by Crippen LogP contribution is -2.30. The third kappa shape index (κ3) is 1.86. The Morgan fingerprint density at radius 2 is 2.00 bits per heavy atom. The van der Waals surface area contributed by atoms with E-state index in [2.05, 4.69) is 4.98 Å². The molecule has 0 saturated carbocycles. The highest BCUT2D eigenvalue weighted by atomic mass is 16.2. The lowest BCUT2D eigenvalue weighted by Gasteiger charge is -2.13. The van der Waals surface area contributed by atoms with Crippen LogP contribution in [0.5, 0.6) is 0 Å². The van der Waals surface area contributed by atoms with Crippen molar-refractivity contribution in [3.63, 3.8) is 0 Å². The molecule has 1 aliphatic rings. The SMILES string of the molecule is CC1=CC(=O)N(Cc2ccc(C)nc2)C1=O. The molecule has 0 bridgehead atoms. The van der Waals surface area contributed by atoms with Crippen molar-refractivity contribution in [2.45, 2.75) is 20.4 Å². The van der Waals surface area contributed by atoms with Gasteiger partial charge in [0, 0.05) is 23.5 Å². The molecule has 4 heteroatoms. The van der Waals surface area contributed by atoms with Crippen LogP contribution in [-0.2, 0) is 16.1 Å². The first-order chi connectivity index (χ1) is 7.58.